The predicted octanol–water partition coefficient (Wildman–Crippen LogP) is 2.95. The number of hydrogen-bond donors (Lipinski definition) is 2. The van der Waals surface area contributed by atoms with Crippen LogP contribution in [-0.4, -0.2) is 17.5 Å². The molecule has 1 rings (SSSR count). The molecule has 0 saturated carbocycles. The van der Waals surface area contributed by atoms with E-state index in [9.17, 15) is 4.79 Å². The van der Waals surface area contributed by atoms with Gasteiger partial charge < -0.3 is 5.32 Å². The zero-order valence-electron chi connectivity index (χ0n) is 12.9. The van der Waals surface area contributed by atoms with Gasteiger partial charge in [0.1, 0.15) is 0 Å². The first-order valence-corrected chi connectivity index (χ1v) is 6.84. The lowest BCUT2D eigenvalue weighted by molar-refractivity contribution is -0.124. The third kappa shape index (κ3) is 5.03. The monoisotopic (exact) mass is 262 g/mol. The molecular weight excluding hydrogens is 236 g/mol. The summed E-state index contributed by atoms with van der Waals surface area (Å²) in [4.78, 5) is 12.0. The molecule has 3 heteroatoms. The zero-order chi connectivity index (χ0) is 14.6. The molecule has 1 aromatic rings. The Bertz CT molecular complexity index is 435. The van der Waals surface area contributed by atoms with Gasteiger partial charge in [-0.2, -0.15) is 0 Å². The number of carbonyl (C=O) groups is 1. The summed E-state index contributed by atoms with van der Waals surface area (Å²) in [5.74, 6) is 0.0351. The van der Waals surface area contributed by atoms with Crippen molar-refractivity contribution in [2.75, 3.05) is 0 Å². The molecule has 1 amide bonds. The molecule has 1 unspecified atom stereocenters. The van der Waals surface area contributed by atoms with Gasteiger partial charge in [-0.05, 0) is 52.7 Å². The molecule has 19 heavy (non-hydrogen) atoms. The van der Waals surface area contributed by atoms with Gasteiger partial charge in [0.15, 0.2) is 0 Å². The molecule has 0 radical (unpaired) electrons. The summed E-state index contributed by atoms with van der Waals surface area (Å²) in [5.41, 5.74) is 2.28. The molecule has 2 atom stereocenters. The number of nitrogens with one attached hydrogen (secondary N) is 2. The Labute approximate surface area is 116 Å². The number of rotatable bonds is 4. The third-order valence-electron chi connectivity index (χ3n) is 3.05. The first kappa shape index (κ1) is 15.7. The second-order valence-corrected chi connectivity index (χ2v) is 6.21. The van der Waals surface area contributed by atoms with E-state index in [-0.39, 0.29) is 23.5 Å². The minimum absolute atomic E-state index is 0.0351. The van der Waals surface area contributed by atoms with Gasteiger partial charge in [-0.25, -0.2) is 0 Å². The molecule has 2 N–H and O–H groups in total. The van der Waals surface area contributed by atoms with E-state index in [1.165, 1.54) is 11.1 Å². The molecule has 106 valence electrons. The average Bonchev–Trinajstić information content (AvgIpc) is 2.27. The molecule has 0 saturated heterocycles. The molecule has 0 fully saturated rings. The van der Waals surface area contributed by atoms with E-state index in [1.54, 1.807) is 0 Å². The van der Waals surface area contributed by atoms with Crippen LogP contribution in [0.4, 0.5) is 0 Å². The van der Waals surface area contributed by atoms with Crippen molar-refractivity contribution in [3.63, 3.8) is 0 Å². The minimum atomic E-state index is -0.214. The van der Waals surface area contributed by atoms with Crippen LogP contribution in [0, 0.1) is 6.92 Å². The number of carbonyl (C=O) groups excluding carboxylic acids is 1. The van der Waals surface area contributed by atoms with E-state index < -0.39 is 0 Å². The molecule has 0 aromatic heterocycles. The highest BCUT2D eigenvalue weighted by Gasteiger charge is 2.21. The van der Waals surface area contributed by atoms with Gasteiger partial charge >= 0.3 is 0 Å². The molecule has 0 aliphatic carbocycles. The van der Waals surface area contributed by atoms with Crippen LogP contribution in [0.1, 0.15) is 51.8 Å². The van der Waals surface area contributed by atoms with Crippen molar-refractivity contribution in [1.82, 2.24) is 10.6 Å². The first-order chi connectivity index (χ1) is 8.70. The van der Waals surface area contributed by atoms with Crippen LogP contribution in [0.2, 0.25) is 0 Å². The summed E-state index contributed by atoms with van der Waals surface area (Å²) in [5, 5.41) is 6.34. The lowest BCUT2D eigenvalue weighted by atomic mass is 10.0. The summed E-state index contributed by atoms with van der Waals surface area (Å²) < 4.78 is 0. The average molecular weight is 262 g/mol. The molecular formula is C16H26N2O. The molecule has 1 aromatic carbocycles. The third-order valence-corrected chi connectivity index (χ3v) is 3.05. The van der Waals surface area contributed by atoms with Gasteiger partial charge in [-0.15, -0.1) is 0 Å². The second kappa shape index (κ2) is 6.20. The Balaban J connectivity index is 2.64. The van der Waals surface area contributed by atoms with Gasteiger partial charge in [0, 0.05) is 11.6 Å². The summed E-state index contributed by atoms with van der Waals surface area (Å²) in [6.45, 7) is 12.0. The van der Waals surface area contributed by atoms with Crippen molar-refractivity contribution in [2.45, 2.75) is 59.2 Å². The Morgan fingerprint density at radius 3 is 2.26 bits per heavy atom. The van der Waals surface area contributed by atoms with Crippen molar-refractivity contribution < 1.29 is 4.79 Å². The van der Waals surface area contributed by atoms with Gasteiger partial charge in [0.05, 0.1) is 6.04 Å². The fourth-order valence-corrected chi connectivity index (χ4v) is 2.09. The smallest absolute Gasteiger partial charge is 0.237 e. The minimum Gasteiger partial charge on any atom is -0.350 e. The highest BCUT2D eigenvalue weighted by molar-refractivity contribution is 5.82. The maximum Gasteiger partial charge on any atom is 0.237 e. The number of amides is 1. The maximum absolute atomic E-state index is 12.0. The van der Waals surface area contributed by atoms with Gasteiger partial charge in [0.25, 0.3) is 0 Å². The SMILES string of the molecule is Cc1ccccc1[C@@H](C)NC(C)C(=O)NC(C)(C)C. The molecule has 0 aliphatic rings. The summed E-state index contributed by atoms with van der Waals surface area (Å²) in [6.07, 6.45) is 0. The fourth-order valence-electron chi connectivity index (χ4n) is 2.09. The largest absolute Gasteiger partial charge is 0.350 e. The van der Waals surface area contributed by atoms with E-state index in [1.807, 2.05) is 39.8 Å². The standard InChI is InChI=1S/C16H26N2O/c1-11-9-7-8-10-14(11)12(2)17-13(3)15(19)18-16(4,5)6/h7-10,12-13,17H,1-6H3,(H,18,19)/t12-,13?/m1/s1. The maximum atomic E-state index is 12.0. The van der Waals surface area contributed by atoms with E-state index in [0.29, 0.717) is 0 Å². The zero-order valence-corrected chi connectivity index (χ0v) is 12.9. The van der Waals surface area contributed by atoms with Crippen molar-refractivity contribution in [3.05, 3.63) is 35.4 Å². The predicted molar refractivity (Wildman–Crippen MR) is 80.1 cm³/mol. The number of benzene rings is 1. The quantitative estimate of drug-likeness (QED) is 0.876. The lowest BCUT2D eigenvalue weighted by Gasteiger charge is -2.26. The van der Waals surface area contributed by atoms with Crippen molar-refractivity contribution >= 4 is 5.91 Å². The van der Waals surface area contributed by atoms with Crippen LogP contribution in [0.15, 0.2) is 24.3 Å². The number of hydrogen-bond acceptors (Lipinski definition) is 2. The Kier molecular flexibility index (Phi) is 5.12. The van der Waals surface area contributed by atoms with Gasteiger partial charge in [-0.3, -0.25) is 10.1 Å². The van der Waals surface area contributed by atoms with Crippen LogP contribution >= 0.6 is 0 Å². The van der Waals surface area contributed by atoms with Crippen LogP contribution in [0.25, 0.3) is 0 Å². The second-order valence-electron chi connectivity index (χ2n) is 6.21. The fraction of sp³-hybridized carbons (Fsp3) is 0.562. The lowest BCUT2D eigenvalue weighted by Crippen LogP contribution is -2.50. The Morgan fingerprint density at radius 2 is 1.74 bits per heavy atom. The van der Waals surface area contributed by atoms with Crippen LogP contribution in [0.5, 0.6) is 0 Å². The normalized spacial score (nSPS) is 14.8. The number of aryl methyl sites for hydroxylation is 1. The van der Waals surface area contributed by atoms with Gasteiger partial charge in [0.2, 0.25) is 5.91 Å². The van der Waals surface area contributed by atoms with E-state index in [0.717, 1.165) is 0 Å². The molecule has 0 heterocycles. The van der Waals surface area contributed by atoms with Crippen LogP contribution in [0.3, 0.4) is 0 Å². The van der Waals surface area contributed by atoms with Gasteiger partial charge in [-0.1, -0.05) is 24.3 Å². The summed E-state index contributed by atoms with van der Waals surface area (Å²) in [6, 6.07) is 8.19. The topological polar surface area (TPSA) is 41.1 Å². The Hall–Kier alpha value is -1.35. The van der Waals surface area contributed by atoms with E-state index in [2.05, 4.69) is 36.6 Å². The Morgan fingerprint density at radius 1 is 1.16 bits per heavy atom. The van der Waals surface area contributed by atoms with Crippen molar-refractivity contribution in [2.24, 2.45) is 0 Å². The van der Waals surface area contributed by atoms with E-state index >= 15 is 0 Å². The molecule has 0 aliphatic heterocycles. The molecule has 0 spiro atoms. The van der Waals surface area contributed by atoms with Crippen LogP contribution in [-0.2, 0) is 4.79 Å². The summed E-state index contributed by atoms with van der Waals surface area (Å²) in [7, 11) is 0. The van der Waals surface area contributed by atoms with Crippen LogP contribution < -0.4 is 10.6 Å². The molecule has 0 bridgehead atoms. The first-order valence-electron chi connectivity index (χ1n) is 6.84. The highest BCUT2D eigenvalue weighted by atomic mass is 16.2. The summed E-state index contributed by atoms with van der Waals surface area (Å²) >= 11 is 0. The van der Waals surface area contributed by atoms with Crippen molar-refractivity contribution in [1.29, 1.82) is 0 Å². The molecule has 3 nitrogen and oxygen atoms in total. The van der Waals surface area contributed by atoms with E-state index in [4.69, 9.17) is 0 Å². The van der Waals surface area contributed by atoms with Crippen molar-refractivity contribution in [3.8, 4) is 0 Å². The highest BCUT2D eigenvalue weighted by Crippen LogP contribution is 2.17.